The maximum atomic E-state index is 11.9. The SMILES string of the molecule is NC1NC(=O)N([C@@H]2O[C@@H]3COP(=O)([O-])O[C@H]3[C@H]2O)C=C1Br. The largest absolute Gasteiger partial charge is 0.756 e. The van der Waals surface area contributed by atoms with Crippen LogP contribution in [0.3, 0.4) is 0 Å². The van der Waals surface area contributed by atoms with Crippen molar-refractivity contribution in [2.45, 2.75) is 30.7 Å². The molecule has 21 heavy (non-hydrogen) atoms. The Morgan fingerprint density at radius 1 is 1.62 bits per heavy atom. The number of carbonyl (C=O) groups excluding carboxylic acids is 1. The molecule has 118 valence electrons. The van der Waals surface area contributed by atoms with Gasteiger partial charge in [0, 0.05) is 10.7 Å². The van der Waals surface area contributed by atoms with Crippen molar-refractivity contribution in [3.05, 3.63) is 10.7 Å². The number of aliphatic hydroxyl groups is 1. The number of phosphoric acid groups is 1. The van der Waals surface area contributed by atoms with Gasteiger partial charge in [-0.25, -0.2) is 4.79 Å². The molecule has 0 saturated carbocycles. The van der Waals surface area contributed by atoms with Crippen molar-refractivity contribution in [1.82, 2.24) is 10.2 Å². The van der Waals surface area contributed by atoms with Gasteiger partial charge in [0.1, 0.15) is 24.5 Å². The van der Waals surface area contributed by atoms with E-state index in [0.717, 1.165) is 4.90 Å². The molecule has 2 fully saturated rings. The van der Waals surface area contributed by atoms with Gasteiger partial charge in [-0.1, -0.05) is 15.9 Å². The molecule has 6 atom stereocenters. The number of ether oxygens (including phenoxy) is 1. The van der Waals surface area contributed by atoms with E-state index in [9.17, 15) is 19.4 Å². The fourth-order valence-electron chi connectivity index (χ4n) is 2.30. The maximum Gasteiger partial charge on any atom is 0.325 e. The quantitative estimate of drug-likeness (QED) is 0.463. The lowest BCUT2D eigenvalue weighted by Crippen LogP contribution is -2.56. The van der Waals surface area contributed by atoms with Gasteiger partial charge in [0.25, 0.3) is 7.82 Å². The molecule has 2 amide bonds. The summed E-state index contributed by atoms with van der Waals surface area (Å²) in [6.45, 7) is -0.279. The predicted octanol–water partition coefficient (Wildman–Crippen LogP) is -1.50. The average molecular weight is 385 g/mol. The molecule has 3 rings (SSSR count). The van der Waals surface area contributed by atoms with Gasteiger partial charge in [-0.15, -0.1) is 0 Å². The van der Waals surface area contributed by atoms with Gasteiger partial charge in [-0.05, 0) is 0 Å². The number of nitrogens with zero attached hydrogens (tertiary/aromatic N) is 1. The Bertz CT molecular complexity index is 545. The first-order chi connectivity index (χ1) is 9.78. The second-order valence-corrected chi connectivity index (χ2v) is 7.00. The monoisotopic (exact) mass is 384 g/mol. The minimum absolute atomic E-state index is 0.279. The number of hydrogen-bond acceptors (Lipinski definition) is 8. The zero-order chi connectivity index (χ0) is 15.4. The van der Waals surface area contributed by atoms with Crippen molar-refractivity contribution >= 4 is 29.8 Å². The van der Waals surface area contributed by atoms with E-state index in [4.69, 9.17) is 15.0 Å². The summed E-state index contributed by atoms with van der Waals surface area (Å²) in [5, 5.41) is 12.6. The van der Waals surface area contributed by atoms with Crippen molar-refractivity contribution in [3.63, 3.8) is 0 Å². The molecular weight excluding hydrogens is 373 g/mol. The number of carbonyl (C=O) groups is 1. The van der Waals surface area contributed by atoms with Crippen LogP contribution >= 0.6 is 23.8 Å². The molecular formula is C9H12BrN3O7P-. The summed E-state index contributed by atoms with van der Waals surface area (Å²) in [6, 6.07) is -0.584. The highest BCUT2D eigenvalue weighted by Gasteiger charge is 2.52. The molecule has 0 radical (unpaired) electrons. The highest BCUT2D eigenvalue weighted by atomic mass is 79.9. The average Bonchev–Trinajstić information content (AvgIpc) is 2.70. The number of urea groups is 1. The van der Waals surface area contributed by atoms with Gasteiger partial charge < -0.3 is 34.8 Å². The summed E-state index contributed by atoms with van der Waals surface area (Å²) in [5.74, 6) is 0. The minimum atomic E-state index is -4.45. The zero-order valence-electron chi connectivity index (χ0n) is 10.4. The number of nitrogens with one attached hydrogen (secondary N) is 1. The molecule has 3 aliphatic rings. The maximum absolute atomic E-state index is 11.9. The number of phosphoric ester groups is 1. The number of amides is 2. The van der Waals surface area contributed by atoms with Crippen molar-refractivity contribution in [2.75, 3.05) is 6.61 Å². The van der Waals surface area contributed by atoms with Crippen molar-refractivity contribution in [2.24, 2.45) is 5.73 Å². The van der Waals surface area contributed by atoms with E-state index in [-0.39, 0.29) is 6.61 Å². The molecule has 4 N–H and O–H groups in total. The van der Waals surface area contributed by atoms with Crippen LogP contribution in [-0.2, 0) is 18.3 Å². The summed E-state index contributed by atoms with van der Waals surface area (Å²) in [5.41, 5.74) is 5.62. The highest BCUT2D eigenvalue weighted by molar-refractivity contribution is 9.11. The van der Waals surface area contributed by atoms with E-state index < -0.39 is 44.6 Å². The van der Waals surface area contributed by atoms with E-state index in [1.807, 2.05) is 0 Å². The Labute approximate surface area is 127 Å². The van der Waals surface area contributed by atoms with Crippen LogP contribution in [0.25, 0.3) is 0 Å². The number of aliphatic hydroxyl groups excluding tert-OH is 1. The molecule has 0 aromatic heterocycles. The summed E-state index contributed by atoms with van der Waals surface area (Å²) in [7, 11) is -4.45. The second-order valence-electron chi connectivity index (χ2n) is 4.72. The van der Waals surface area contributed by atoms with Crippen LogP contribution in [0, 0.1) is 0 Å². The van der Waals surface area contributed by atoms with Crippen LogP contribution in [-0.4, -0.2) is 53.4 Å². The first-order valence-electron chi connectivity index (χ1n) is 5.97. The molecule has 0 spiro atoms. The van der Waals surface area contributed by atoms with Crippen LogP contribution in [0.15, 0.2) is 10.7 Å². The predicted molar refractivity (Wildman–Crippen MR) is 68.5 cm³/mol. The van der Waals surface area contributed by atoms with E-state index in [2.05, 4.69) is 25.8 Å². The topological polar surface area (TPSA) is 146 Å². The first-order valence-corrected chi connectivity index (χ1v) is 8.23. The Kier molecular flexibility index (Phi) is 3.87. The molecule has 10 nitrogen and oxygen atoms in total. The standard InChI is InChI=1S/C9H13BrN3O7P/c10-3-1-13(9(15)12-7(3)11)8-5(14)6-4(19-8)2-18-21(16,17)20-6/h1,4-8,14H,2,11H2,(H,12,15)(H,16,17)/p-1/t4-,5-,6-,7?,8-/m1/s1. The summed E-state index contributed by atoms with van der Waals surface area (Å²) in [4.78, 5) is 24.3. The summed E-state index contributed by atoms with van der Waals surface area (Å²) >= 11 is 3.18. The summed E-state index contributed by atoms with van der Waals surface area (Å²) < 4.78 is 26.4. The van der Waals surface area contributed by atoms with Gasteiger partial charge >= 0.3 is 6.03 Å². The fraction of sp³-hybridized carbons (Fsp3) is 0.667. The van der Waals surface area contributed by atoms with Gasteiger partial charge in [-0.3, -0.25) is 9.46 Å². The Hall–Kier alpha value is -0.520. The number of fused-ring (bicyclic) bond motifs is 1. The lowest BCUT2D eigenvalue weighted by atomic mass is 10.1. The van der Waals surface area contributed by atoms with Gasteiger partial charge in [0.2, 0.25) is 0 Å². The molecule has 0 aromatic rings. The van der Waals surface area contributed by atoms with E-state index >= 15 is 0 Å². The molecule has 0 aliphatic carbocycles. The summed E-state index contributed by atoms with van der Waals surface area (Å²) in [6.07, 6.45) is -3.71. The van der Waals surface area contributed by atoms with Crippen LogP contribution in [0.2, 0.25) is 0 Å². The number of halogens is 1. The highest BCUT2D eigenvalue weighted by Crippen LogP contribution is 2.48. The smallest absolute Gasteiger partial charge is 0.325 e. The Morgan fingerprint density at radius 3 is 3.05 bits per heavy atom. The van der Waals surface area contributed by atoms with Gasteiger partial charge in [0.05, 0.1) is 6.61 Å². The molecule has 3 aliphatic heterocycles. The molecule has 3 heterocycles. The Morgan fingerprint density at radius 2 is 2.33 bits per heavy atom. The first kappa shape index (κ1) is 15.4. The lowest BCUT2D eigenvalue weighted by Gasteiger charge is -2.35. The van der Waals surface area contributed by atoms with Crippen LogP contribution in [0.4, 0.5) is 4.79 Å². The zero-order valence-corrected chi connectivity index (χ0v) is 12.9. The van der Waals surface area contributed by atoms with E-state index in [1.54, 1.807) is 0 Å². The van der Waals surface area contributed by atoms with Gasteiger partial charge in [0.15, 0.2) is 6.23 Å². The third kappa shape index (κ3) is 2.76. The second kappa shape index (κ2) is 5.28. The molecule has 0 aromatic carbocycles. The molecule has 0 bridgehead atoms. The molecule has 2 unspecified atom stereocenters. The van der Waals surface area contributed by atoms with Gasteiger partial charge in [-0.2, -0.15) is 0 Å². The van der Waals surface area contributed by atoms with Crippen LogP contribution in [0.5, 0.6) is 0 Å². The van der Waals surface area contributed by atoms with E-state index in [1.165, 1.54) is 6.20 Å². The normalized spacial score (nSPS) is 46.9. The van der Waals surface area contributed by atoms with Crippen molar-refractivity contribution in [1.29, 1.82) is 0 Å². The molecule has 2 saturated heterocycles. The third-order valence-electron chi connectivity index (χ3n) is 3.30. The minimum Gasteiger partial charge on any atom is -0.756 e. The number of hydrogen-bond donors (Lipinski definition) is 3. The third-order valence-corrected chi connectivity index (χ3v) is 4.97. The van der Waals surface area contributed by atoms with E-state index in [0.29, 0.717) is 4.48 Å². The number of nitrogens with two attached hydrogens (primary N) is 1. The number of rotatable bonds is 1. The van der Waals surface area contributed by atoms with Crippen molar-refractivity contribution < 1.29 is 33.1 Å². The van der Waals surface area contributed by atoms with Crippen LogP contribution < -0.4 is 15.9 Å². The molecule has 12 heteroatoms. The van der Waals surface area contributed by atoms with Crippen molar-refractivity contribution in [3.8, 4) is 0 Å². The Balaban J connectivity index is 1.82. The van der Waals surface area contributed by atoms with Crippen LogP contribution in [0.1, 0.15) is 0 Å². The fourth-order valence-corrected chi connectivity index (χ4v) is 3.58. The lowest BCUT2D eigenvalue weighted by molar-refractivity contribution is -0.245.